The second-order valence-electron chi connectivity index (χ2n) is 8.78. The van der Waals surface area contributed by atoms with Crippen LogP contribution in [0.15, 0.2) is 12.3 Å². The lowest BCUT2D eigenvalue weighted by molar-refractivity contribution is -0.126. The van der Waals surface area contributed by atoms with Gasteiger partial charge in [-0.05, 0) is 44.1 Å². The molecule has 5 rings (SSSR count). The van der Waals surface area contributed by atoms with E-state index in [0.717, 1.165) is 31.4 Å². The van der Waals surface area contributed by atoms with Crippen LogP contribution in [0.4, 0.5) is 8.78 Å². The summed E-state index contributed by atoms with van der Waals surface area (Å²) in [7, 11) is 0. The molecule has 2 fully saturated rings. The summed E-state index contributed by atoms with van der Waals surface area (Å²) in [5.74, 6) is -0.691. The van der Waals surface area contributed by atoms with Crippen LogP contribution >= 0.6 is 0 Å². The third kappa shape index (κ3) is 3.59. The first-order valence-corrected chi connectivity index (χ1v) is 10.8. The Balaban J connectivity index is 1.28. The van der Waals surface area contributed by atoms with Crippen molar-refractivity contribution >= 4 is 11.8 Å². The smallest absolute Gasteiger partial charge is 0.282 e. The van der Waals surface area contributed by atoms with Crippen molar-refractivity contribution in [1.29, 1.82) is 0 Å². The molecule has 166 valence electrons. The lowest BCUT2D eigenvalue weighted by Crippen LogP contribution is -2.45. The Labute approximate surface area is 177 Å². The van der Waals surface area contributed by atoms with Crippen LogP contribution < -0.4 is 5.32 Å². The number of hydrogen-bond donors (Lipinski definition) is 1. The van der Waals surface area contributed by atoms with Gasteiger partial charge in [0.05, 0.1) is 12.1 Å². The van der Waals surface area contributed by atoms with E-state index in [1.54, 1.807) is 10.9 Å². The normalized spacial score (nSPS) is 25.7. The number of halogens is 2. The summed E-state index contributed by atoms with van der Waals surface area (Å²) < 4.78 is 30.3. The predicted octanol–water partition coefficient (Wildman–Crippen LogP) is 1.90. The van der Waals surface area contributed by atoms with Gasteiger partial charge in [-0.2, -0.15) is 5.10 Å². The molecule has 1 saturated carbocycles. The predicted molar refractivity (Wildman–Crippen MR) is 104 cm³/mol. The zero-order chi connectivity index (χ0) is 21.7. The molecule has 11 heteroatoms. The number of nitrogens with zero attached hydrogens (tertiary/aromatic N) is 6. The number of nitrogens with one attached hydrogen (secondary N) is 1. The Morgan fingerprint density at radius 2 is 2.00 bits per heavy atom. The maximum atomic E-state index is 13.6. The number of alkyl halides is 2. The average molecular weight is 433 g/mol. The van der Waals surface area contributed by atoms with E-state index in [4.69, 9.17) is 0 Å². The molecule has 0 aromatic carbocycles. The monoisotopic (exact) mass is 433 g/mol. The van der Waals surface area contributed by atoms with Gasteiger partial charge in [-0.3, -0.25) is 14.3 Å². The first-order valence-electron chi connectivity index (χ1n) is 10.8. The van der Waals surface area contributed by atoms with Crippen molar-refractivity contribution in [3.05, 3.63) is 29.3 Å². The molecule has 3 atom stereocenters. The SMILES string of the molecule is C[C@@H]1CN(C(=O)c2nnn(C3CC3)c2C(F)F)C[C@@H]1NC(=O)C1CCCc2ccnn21. The molecule has 4 heterocycles. The summed E-state index contributed by atoms with van der Waals surface area (Å²) in [6.07, 6.45) is 2.96. The summed E-state index contributed by atoms with van der Waals surface area (Å²) in [5, 5.41) is 14.9. The van der Waals surface area contributed by atoms with E-state index in [9.17, 15) is 18.4 Å². The molecule has 1 unspecified atom stereocenters. The minimum Gasteiger partial charge on any atom is -0.349 e. The van der Waals surface area contributed by atoms with Gasteiger partial charge in [0.1, 0.15) is 11.7 Å². The summed E-state index contributed by atoms with van der Waals surface area (Å²) in [4.78, 5) is 27.4. The van der Waals surface area contributed by atoms with Crippen LogP contribution in [0.25, 0.3) is 0 Å². The number of hydrogen-bond acceptors (Lipinski definition) is 5. The van der Waals surface area contributed by atoms with E-state index >= 15 is 0 Å². The Morgan fingerprint density at radius 1 is 1.19 bits per heavy atom. The van der Waals surface area contributed by atoms with Gasteiger partial charge in [0.15, 0.2) is 5.69 Å². The number of carbonyl (C=O) groups excluding carboxylic acids is 2. The molecule has 2 amide bonds. The average Bonchev–Trinajstić information content (AvgIpc) is 3.15. The zero-order valence-corrected chi connectivity index (χ0v) is 17.2. The van der Waals surface area contributed by atoms with Crippen molar-refractivity contribution in [2.45, 2.75) is 63.6 Å². The van der Waals surface area contributed by atoms with E-state index in [2.05, 4.69) is 20.7 Å². The van der Waals surface area contributed by atoms with Crippen molar-refractivity contribution < 1.29 is 18.4 Å². The molecule has 0 spiro atoms. The van der Waals surface area contributed by atoms with Crippen molar-refractivity contribution in [2.75, 3.05) is 13.1 Å². The molecule has 1 saturated heterocycles. The largest absolute Gasteiger partial charge is 0.349 e. The van der Waals surface area contributed by atoms with E-state index in [1.807, 2.05) is 13.0 Å². The molecule has 0 bridgehead atoms. The summed E-state index contributed by atoms with van der Waals surface area (Å²) in [6.45, 7) is 2.55. The van der Waals surface area contributed by atoms with E-state index in [0.29, 0.717) is 13.0 Å². The van der Waals surface area contributed by atoms with Gasteiger partial charge in [-0.15, -0.1) is 5.10 Å². The third-order valence-electron chi connectivity index (χ3n) is 6.52. The van der Waals surface area contributed by atoms with Crippen molar-refractivity contribution in [3.8, 4) is 0 Å². The highest BCUT2D eigenvalue weighted by Crippen LogP contribution is 2.38. The minimum atomic E-state index is -2.82. The topological polar surface area (TPSA) is 97.9 Å². The molecule has 9 nitrogen and oxygen atoms in total. The number of fused-ring (bicyclic) bond motifs is 1. The third-order valence-corrected chi connectivity index (χ3v) is 6.52. The summed E-state index contributed by atoms with van der Waals surface area (Å²) in [6, 6.07) is 1.21. The van der Waals surface area contributed by atoms with Gasteiger partial charge < -0.3 is 10.2 Å². The first kappa shape index (κ1) is 20.1. The van der Waals surface area contributed by atoms with Crippen LogP contribution in [-0.4, -0.2) is 60.6 Å². The van der Waals surface area contributed by atoms with Gasteiger partial charge in [0, 0.05) is 25.0 Å². The lowest BCUT2D eigenvalue weighted by atomic mass is 10.0. The highest BCUT2D eigenvalue weighted by molar-refractivity contribution is 5.93. The lowest BCUT2D eigenvalue weighted by Gasteiger charge is -2.26. The fourth-order valence-electron chi connectivity index (χ4n) is 4.66. The maximum absolute atomic E-state index is 13.6. The molecule has 1 aliphatic carbocycles. The Kier molecular flexibility index (Phi) is 4.98. The molecule has 0 radical (unpaired) electrons. The molecule has 1 N–H and O–H groups in total. The van der Waals surface area contributed by atoms with Gasteiger partial charge >= 0.3 is 0 Å². The first-order chi connectivity index (χ1) is 14.9. The number of likely N-dealkylation sites (tertiary alicyclic amines) is 1. The quantitative estimate of drug-likeness (QED) is 0.777. The fourth-order valence-corrected chi connectivity index (χ4v) is 4.66. The maximum Gasteiger partial charge on any atom is 0.282 e. The Morgan fingerprint density at radius 3 is 2.74 bits per heavy atom. The molecular weight excluding hydrogens is 408 g/mol. The zero-order valence-electron chi connectivity index (χ0n) is 17.2. The molecule has 31 heavy (non-hydrogen) atoms. The van der Waals surface area contributed by atoms with Crippen LogP contribution in [-0.2, 0) is 11.2 Å². The Bertz CT molecular complexity index is 1000. The second kappa shape index (κ2) is 7.69. The number of carbonyl (C=O) groups is 2. The van der Waals surface area contributed by atoms with Crippen molar-refractivity contribution in [2.24, 2.45) is 5.92 Å². The molecule has 2 aliphatic heterocycles. The van der Waals surface area contributed by atoms with Crippen molar-refractivity contribution in [3.63, 3.8) is 0 Å². The number of aryl methyl sites for hydroxylation is 1. The molecule has 2 aromatic rings. The molecule has 3 aliphatic rings. The minimum absolute atomic E-state index is 0.0120. The molecule has 2 aromatic heterocycles. The fraction of sp³-hybridized carbons (Fsp3) is 0.650. The van der Waals surface area contributed by atoms with Crippen LogP contribution in [0.3, 0.4) is 0 Å². The highest BCUT2D eigenvalue weighted by Gasteiger charge is 2.40. The number of aromatic nitrogens is 5. The van der Waals surface area contributed by atoms with Gasteiger partial charge in [0.2, 0.25) is 5.91 Å². The van der Waals surface area contributed by atoms with Crippen LogP contribution in [0.2, 0.25) is 0 Å². The summed E-state index contributed by atoms with van der Waals surface area (Å²) >= 11 is 0. The van der Waals surface area contributed by atoms with E-state index in [1.165, 1.54) is 9.58 Å². The van der Waals surface area contributed by atoms with Crippen LogP contribution in [0, 0.1) is 5.92 Å². The van der Waals surface area contributed by atoms with E-state index in [-0.39, 0.29) is 42.2 Å². The van der Waals surface area contributed by atoms with Crippen LogP contribution in [0.1, 0.15) is 73.0 Å². The van der Waals surface area contributed by atoms with Crippen LogP contribution in [0.5, 0.6) is 0 Å². The van der Waals surface area contributed by atoms with Gasteiger partial charge in [-0.1, -0.05) is 12.1 Å². The number of amides is 2. The van der Waals surface area contributed by atoms with E-state index < -0.39 is 18.0 Å². The Hall–Kier alpha value is -2.85. The van der Waals surface area contributed by atoms with Crippen molar-refractivity contribution in [1.82, 2.24) is 35.0 Å². The standard InChI is InChI=1S/C20H25F2N7O2/c1-11-9-27(20(31)16-17(18(21)22)29(26-25-16)13-5-6-13)10-14(11)24-19(30)15-4-2-3-12-7-8-23-28(12)15/h7-8,11,13-15,18H,2-6,9-10H2,1H3,(H,24,30)/t11-,14+,15?/m1/s1. The van der Waals surface area contributed by atoms with Gasteiger partial charge in [0.25, 0.3) is 12.3 Å². The second-order valence-corrected chi connectivity index (χ2v) is 8.78. The number of rotatable bonds is 5. The summed E-state index contributed by atoms with van der Waals surface area (Å²) in [5.41, 5.74) is 0.358. The molecular formula is C20H25F2N7O2. The highest BCUT2D eigenvalue weighted by atomic mass is 19.3. The van der Waals surface area contributed by atoms with Gasteiger partial charge in [-0.25, -0.2) is 13.5 Å².